The van der Waals surface area contributed by atoms with Gasteiger partial charge in [-0.05, 0) is 32.8 Å². The van der Waals surface area contributed by atoms with Gasteiger partial charge in [0.25, 0.3) is 0 Å². The highest BCUT2D eigenvalue weighted by atomic mass is 16.5. The molecule has 1 aromatic rings. The molecule has 1 aromatic carbocycles. The number of nitrogens with zero attached hydrogens (tertiary/aromatic N) is 2. The van der Waals surface area contributed by atoms with Crippen molar-refractivity contribution in [3.63, 3.8) is 0 Å². The summed E-state index contributed by atoms with van der Waals surface area (Å²) in [7, 11) is 0. The summed E-state index contributed by atoms with van der Waals surface area (Å²) in [6.45, 7) is 5.84. The van der Waals surface area contributed by atoms with Crippen LogP contribution in [0.1, 0.15) is 38.7 Å². The zero-order valence-corrected chi connectivity index (χ0v) is 11.6. The molecule has 0 amide bonds. The van der Waals surface area contributed by atoms with Crippen LogP contribution in [0.3, 0.4) is 0 Å². The molecule has 19 heavy (non-hydrogen) atoms. The highest BCUT2D eigenvalue weighted by Crippen LogP contribution is 2.54. The molecule has 98 valence electrons. The normalized spacial score (nSPS) is 24.9. The van der Waals surface area contributed by atoms with Gasteiger partial charge in [-0.15, -0.1) is 0 Å². The van der Waals surface area contributed by atoms with Gasteiger partial charge in [0.05, 0.1) is 23.8 Å². The van der Waals surface area contributed by atoms with Crippen LogP contribution in [-0.4, -0.2) is 11.7 Å². The lowest BCUT2D eigenvalue weighted by molar-refractivity contribution is -0.142. The van der Waals surface area contributed by atoms with Gasteiger partial charge in [-0.2, -0.15) is 10.5 Å². The minimum absolute atomic E-state index is 0.0592. The smallest absolute Gasteiger partial charge is 0.176 e. The second kappa shape index (κ2) is 4.68. The monoisotopic (exact) mass is 254 g/mol. The van der Waals surface area contributed by atoms with E-state index in [1.165, 1.54) is 0 Å². The van der Waals surface area contributed by atoms with Crippen molar-refractivity contribution in [2.75, 3.05) is 0 Å². The van der Waals surface area contributed by atoms with Gasteiger partial charge in [-0.1, -0.05) is 30.3 Å². The third kappa shape index (κ3) is 2.35. The third-order valence-corrected chi connectivity index (χ3v) is 3.58. The van der Waals surface area contributed by atoms with Crippen molar-refractivity contribution in [2.24, 2.45) is 5.41 Å². The van der Waals surface area contributed by atoms with Crippen LogP contribution >= 0.6 is 0 Å². The molecule has 1 aliphatic rings. The quantitative estimate of drug-likeness (QED) is 0.812. The first-order valence-electron chi connectivity index (χ1n) is 6.48. The molecule has 1 fully saturated rings. The average molecular weight is 254 g/mol. The zero-order chi connectivity index (χ0) is 14.1. The van der Waals surface area contributed by atoms with Crippen molar-refractivity contribution in [3.05, 3.63) is 35.9 Å². The highest BCUT2D eigenvalue weighted by molar-refractivity contribution is 5.38. The van der Waals surface area contributed by atoms with E-state index >= 15 is 0 Å². The summed E-state index contributed by atoms with van der Waals surface area (Å²) in [4.78, 5) is 0. The van der Waals surface area contributed by atoms with Crippen molar-refractivity contribution in [1.82, 2.24) is 0 Å². The van der Waals surface area contributed by atoms with Gasteiger partial charge in [0.15, 0.2) is 5.41 Å². The van der Waals surface area contributed by atoms with Crippen molar-refractivity contribution >= 4 is 0 Å². The van der Waals surface area contributed by atoms with Crippen LogP contribution in [0.25, 0.3) is 0 Å². The van der Waals surface area contributed by atoms with E-state index in [9.17, 15) is 10.5 Å². The molecule has 0 radical (unpaired) electrons. The Morgan fingerprint density at radius 3 is 2.21 bits per heavy atom. The van der Waals surface area contributed by atoms with E-state index in [0.717, 1.165) is 12.0 Å². The van der Waals surface area contributed by atoms with Crippen LogP contribution < -0.4 is 0 Å². The van der Waals surface area contributed by atoms with Gasteiger partial charge >= 0.3 is 0 Å². The third-order valence-electron chi connectivity index (χ3n) is 3.58. The van der Waals surface area contributed by atoms with E-state index in [0.29, 0.717) is 0 Å². The van der Waals surface area contributed by atoms with Crippen molar-refractivity contribution in [2.45, 2.75) is 44.8 Å². The topological polar surface area (TPSA) is 56.8 Å². The van der Waals surface area contributed by atoms with Gasteiger partial charge in [0.1, 0.15) is 0 Å². The number of hydrogen-bond acceptors (Lipinski definition) is 3. The predicted octanol–water partition coefficient (Wildman–Crippen LogP) is 3.39. The molecule has 0 aromatic heterocycles. The fourth-order valence-electron chi connectivity index (χ4n) is 2.63. The molecule has 1 saturated carbocycles. The second-order valence-corrected chi connectivity index (χ2v) is 6.01. The van der Waals surface area contributed by atoms with E-state index in [-0.39, 0.29) is 17.6 Å². The Bertz CT molecular complexity index is 517. The van der Waals surface area contributed by atoms with Crippen LogP contribution in [0.15, 0.2) is 30.3 Å². The number of nitriles is 2. The Kier molecular flexibility index (Phi) is 3.35. The van der Waals surface area contributed by atoms with Crippen molar-refractivity contribution < 1.29 is 4.74 Å². The molecule has 0 aliphatic heterocycles. The average Bonchev–Trinajstić information content (AvgIpc) is 2.36. The standard InChI is InChI=1S/C16H18N2O/c1-15(2,3)19-14-9-13(16(14,10-17)11-18)12-7-5-4-6-8-12/h4-8,13-14H,9H2,1-3H3/t13-,14-/m0/s1. The minimum Gasteiger partial charge on any atom is -0.370 e. The lowest BCUT2D eigenvalue weighted by Crippen LogP contribution is -2.53. The van der Waals surface area contributed by atoms with Crippen LogP contribution in [0, 0.1) is 28.1 Å². The van der Waals surface area contributed by atoms with Crippen LogP contribution in [0.5, 0.6) is 0 Å². The molecular weight excluding hydrogens is 236 g/mol. The minimum atomic E-state index is -1.06. The number of rotatable bonds is 2. The number of ether oxygens (including phenoxy) is 1. The fraction of sp³-hybridized carbons (Fsp3) is 0.500. The molecule has 3 nitrogen and oxygen atoms in total. The summed E-state index contributed by atoms with van der Waals surface area (Å²) in [5.74, 6) is -0.0592. The summed E-state index contributed by atoms with van der Waals surface area (Å²) in [5.41, 5.74) is -0.362. The van der Waals surface area contributed by atoms with Crippen molar-refractivity contribution in [3.8, 4) is 12.1 Å². The Hall–Kier alpha value is -1.84. The summed E-state index contributed by atoms with van der Waals surface area (Å²) in [5, 5.41) is 19.0. The molecule has 0 spiro atoms. The molecule has 0 unspecified atom stereocenters. The molecule has 0 N–H and O–H groups in total. The van der Waals surface area contributed by atoms with Crippen LogP contribution in [0.2, 0.25) is 0 Å². The molecule has 2 atom stereocenters. The molecule has 0 bridgehead atoms. The maximum atomic E-state index is 9.48. The lowest BCUT2D eigenvalue weighted by atomic mass is 9.57. The Morgan fingerprint density at radius 2 is 1.74 bits per heavy atom. The first-order valence-corrected chi connectivity index (χ1v) is 6.48. The Labute approximate surface area is 114 Å². The fourth-order valence-corrected chi connectivity index (χ4v) is 2.63. The first kappa shape index (κ1) is 13.6. The maximum absolute atomic E-state index is 9.48. The lowest BCUT2D eigenvalue weighted by Gasteiger charge is -2.49. The number of benzene rings is 1. The van der Waals surface area contributed by atoms with Gasteiger partial charge in [0.2, 0.25) is 0 Å². The zero-order valence-electron chi connectivity index (χ0n) is 11.6. The van der Waals surface area contributed by atoms with Gasteiger partial charge in [-0.3, -0.25) is 0 Å². The molecule has 0 saturated heterocycles. The van der Waals surface area contributed by atoms with Crippen LogP contribution in [0.4, 0.5) is 0 Å². The van der Waals surface area contributed by atoms with E-state index in [4.69, 9.17) is 4.74 Å². The predicted molar refractivity (Wildman–Crippen MR) is 72.1 cm³/mol. The van der Waals surface area contributed by atoms with Gasteiger partial charge in [-0.25, -0.2) is 0 Å². The van der Waals surface area contributed by atoms with E-state index in [1.807, 2.05) is 51.1 Å². The maximum Gasteiger partial charge on any atom is 0.176 e. The molecule has 3 heteroatoms. The van der Waals surface area contributed by atoms with Crippen molar-refractivity contribution in [1.29, 1.82) is 10.5 Å². The summed E-state index contributed by atoms with van der Waals surface area (Å²) in [6.07, 6.45) is 0.412. The first-order chi connectivity index (χ1) is 8.93. The molecule has 0 heterocycles. The second-order valence-electron chi connectivity index (χ2n) is 6.01. The summed E-state index contributed by atoms with van der Waals surface area (Å²) in [6, 6.07) is 14.2. The largest absolute Gasteiger partial charge is 0.370 e. The Balaban J connectivity index is 2.28. The van der Waals surface area contributed by atoms with Gasteiger partial charge in [0, 0.05) is 5.92 Å². The van der Waals surface area contributed by atoms with Crippen LogP contribution in [-0.2, 0) is 4.74 Å². The van der Waals surface area contributed by atoms with E-state index < -0.39 is 5.41 Å². The van der Waals surface area contributed by atoms with Gasteiger partial charge < -0.3 is 4.74 Å². The Morgan fingerprint density at radius 1 is 1.16 bits per heavy atom. The summed E-state index contributed by atoms with van der Waals surface area (Å²) >= 11 is 0. The van der Waals surface area contributed by atoms with E-state index in [2.05, 4.69) is 12.1 Å². The highest BCUT2D eigenvalue weighted by Gasteiger charge is 2.59. The molecule has 1 aliphatic carbocycles. The molecule has 2 rings (SSSR count). The SMILES string of the molecule is CC(C)(C)O[C@H]1C[C@@H](c2ccccc2)C1(C#N)C#N. The molecular formula is C16H18N2O. The number of hydrogen-bond donors (Lipinski definition) is 0. The summed E-state index contributed by atoms with van der Waals surface area (Å²) < 4.78 is 5.88. The van der Waals surface area contributed by atoms with E-state index in [1.54, 1.807) is 0 Å².